The summed E-state index contributed by atoms with van der Waals surface area (Å²) in [6.07, 6.45) is 0.830. The van der Waals surface area contributed by atoms with E-state index in [0.29, 0.717) is 13.0 Å². The Morgan fingerprint density at radius 3 is 2.44 bits per heavy atom. The predicted octanol–water partition coefficient (Wildman–Crippen LogP) is 2.36. The van der Waals surface area contributed by atoms with Gasteiger partial charge < -0.3 is 5.32 Å². The molecule has 6 nitrogen and oxygen atoms in total. The van der Waals surface area contributed by atoms with Gasteiger partial charge in [0.2, 0.25) is 15.9 Å². The van der Waals surface area contributed by atoms with Gasteiger partial charge in [-0.2, -0.15) is 0 Å². The smallest absolute Gasteiger partial charge is 0.238 e. The summed E-state index contributed by atoms with van der Waals surface area (Å²) in [5, 5.41) is 10.7. The molecule has 0 fully saturated rings. The second kappa shape index (κ2) is 8.43. The highest BCUT2D eigenvalue weighted by atomic mass is 32.2. The molecule has 1 amide bonds. The molecule has 0 aliphatic carbocycles. The summed E-state index contributed by atoms with van der Waals surface area (Å²) >= 11 is 1.52. The van der Waals surface area contributed by atoms with Crippen LogP contribution in [0.2, 0.25) is 0 Å². The minimum atomic E-state index is -3.68. The topological polar surface area (TPSA) is 102 Å². The molecule has 2 aromatic carbocycles. The third kappa shape index (κ3) is 5.46. The Hall–Kier alpha value is -2.55. The molecule has 0 aliphatic rings. The molecule has 3 rings (SSSR count). The summed E-state index contributed by atoms with van der Waals surface area (Å²) in [6.45, 7) is 0.462. The Morgan fingerprint density at radius 2 is 1.78 bits per heavy atom. The van der Waals surface area contributed by atoms with E-state index in [2.05, 4.69) is 10.3 Å². The van der Waals surface area contributed by atoms with Crippen molar-refractivity contribution in [3.8, 4) is 10.6 Å². The number of hydrogen-bond acceptors (Lipinski definition) is 5. The fourth-order valence-electron chi connectivity index (χ4n) is 2.52. The van der Waals surface area contributed by atoms with Crippen molar-refractivity contribution in [2.75, 3.05) is 6.54 Å². The third-order valence-corrected chi connectivity index (χ3v) is 5.77. The number of aromatic nitrogens is 1. The highest BCUT2D eigenvalue weighted by molar-refractivity contribution is 7.89. The van der Waals surface area contributed by atoms with Crippen LogP contribution in [-0.2, 0) is 27.7 Å². The normalized spacial score (nSPS) is 11.3. The lowest BCUT2D eigenvalue weighted by atomic mass is 10.1. The average molecular weight is 402 g/mol. The number of nitrogens with one attached hydrogen (secondary N) is 1. The number of primary sulfonamides is 1. The molecule has 3 N–H and O–H groups in total. The minimum absolute atomic E-state index is 0.0769. The summed E-state index contributed by atoms with van der Waals surface area (Å²) in [5.41, 5.74) is 2.70. The molecule has 0 unspecified atom stereocenters. The fourth-order valence-corrected chi connectivity index (χ4v) is 3.86. The van der Waals surface area contributed by atoms with Crippen LogP contribution in [0.3, 0.4) is 0 Å². The Labute approximate surface area is 162 Å². The summed E-state index contributed by atoms with van der Waals surface area (Å²) in [4.78, 5) is 16.7. The number of amides is 1. The maximum atomic E-state index is 12.1. The van der Waals surface area contributed by atoms with Crippen molar-refractivity contribution in [1.29, 1.82) is 0 Å². The van der Waals surface area contributed by atoms with Crippen LogP contribution < -0.4 is 10.5 Å². The van der Waals surface area contributed by atoms with Gasteiger partial charge in [0.25, 0.3) is 0 Å². The maximum absolute atomic E-state index is 12.1. The molecule has 8 heteroatoms. The van der Waals surface area contributed by atoms with Gasteiger partial charge in [0.05, 0.1) is 17.0 Å². The number of carbonyl (C=O) groups is 1. The third-order valence-electron chi connectivity index (χ3n) is 3.90. The number of hydrogen-bond donors (Lipinski definition) is 2. The van der Waals surface area contributed by atoms with E-state index >= 15 is 0 Å². The number of thiazole rings is 1. The number of benzene rings is 2. The van der Waals surface area contributed by atoms with Crippen molar-refractivity contribution in [3.63, 3.8) is 0 Å². The highest BCUT2D eigenvalue weighted by Crippen LogP contribution is 2.23. The van der Waals surface area contributed by atoms with Gasteiger partial charge in [-0.15, -0.1) is 11.3 Å². The SMILES string of the molecule is NS(=O)(=O)c1ccc(CCNC(=O)Cc2csc(-c3ccccc3)n2)cc1. The molecular weight excluding hydrogens is 382 g/mol. The van der Waals surface area contributed by atoms with Crippen LogP contribution in [0.1, 0.15) is 11.3 Å². The Bertz CT molecular complexity index is 1010. The number of nitrogens with zero attached hydrogens (tertiary/aromatic N) is 1. The van der Waals surface area contributed by atoms with E-state index < -0.39 is 10.0 Å². The average Bonchev–Trinajstić information content (AvgIpc) is 3.10. The van der Waals surface area contributed by atoms with E-state index in [1.165, 1.54) is 23.5 Å². The van der Waals surface area contributed by atoms with Crippen molar-refractivity contribution in [3.05, 3.63) is 71.2 Å². The first-order valence-corrected chi connectivity index (χ1v) is 10.7. The lowest BCUT2D eigenvalue weighted by Crippen LogP contribution is -2.27. The van der Waals surface area contributed by atoms with Crippen molar-refractivity contribution < 1.29 is 13.2 Å². The van der Waals surface area contributed by atoms with E-state index in [1.54, 1.807) is 12.1 Å². The molecule has 0 spiro atoms. The second-order valence-electron chi connectivity index (χ2n) is 5.98. The van der Waals surface area contributed by atoms with Crippen molar-refractivity contribution in [2.45, 2.75) is 17.7 Å². The van der Waals surface area contributed by atoms with Crippen LogP contribution in [-0.4, -0.2) is 25.9 Å². The highest BCUT2D eigenvalue weighted by Gasteiger charge is 2.09. The molecule has 0 atom stereocenters. The predicted molar refractivity (Wildman–Crippen MR) is 106 cm³/mol. The van der Waals surface area contributed by atoms with E-state index in [9.17, 15) is 13.2 Å². The molecule has 0 radical (unpaired) electrons. The molecule has 3 aromatic rings. The zero-order valence-corrected chi connectivity index (χ0v) is 16.1. The van der Waals surface area contributed by atoms with Crippen molar-refractivity contribution >= 4 is 27.3 Å². The largest absolute Gasteiger partial charge is 0.355 e. The molecule has 140 valence electrons. The van der Waals surface area contributed by atoms with E-state index in [-0.39, 0.29) is 17.2 Å². The van der Waals surface area contributed by atoms with Gasteiger partial charge in [0.1, 0.15) is 5.01 Å². The van der Waals surface area contributed by atoms with Gasteiger partial charge in [0.15, 0.2) is 0 Å². The number of nitrogens with two attached hydrogens (primary N) is 1. The molecule has 0 saturated carbocycles. The maximum Gasteiger partial charge on any atom is 0.238 e. The molecule has 1 heterocycles. The quantitative estimate of drug-likeness (QED) is 0.634. The van der Waals surface area contributed by atoms with Gasteiger partial charge in [-0.1, -0.05) is 42.5 Å². The second-order valence-corrected chi connectivity index (χ2v) is 8.40. The summed E-state index contributed by atoms with van der Waals surface area (Å²) < 4.78 is 22.5. The molecule has 0 bridgehead atoms. The molecule has 0 aliphatic heterocycles. The monoisotopic (exact) mass is 401 g/mol. The molecule has 1 aromatic heterocycles. The number of carbonyl (C=O) groups excluding carboxylic acids is 1. The lowest BCUT2D eigenvalue weighted by Gasteiger charge is -2.05. The number of sulfonamides is 1. The van der Waals surface area contributed by atoms with Crippen molar-refractivity contribution in [1.82, 2.24) is 10.3 Å². The summed E-state index contributed by atoms with van der Waals surface area (Å²) in [5.74, 6) is -0.0962. The lowest BCUT2D eigenvalue weighted by molar-refractivity contribution is -0.120. The van der Waals surface area contributed by atoms with Gasteiger partial charge in [-0.05, 0) is 24.1 Å². The van der Waals surface area contributed by atoms with Crippen LogP contribution >= 0.6 is 11.3 Å². The number of rotatable bonds is 7. The van der Waals surface area contributed by atoms with Gasteiger partial charge >= 0.3 is 0 Å². The standard InChI is InChI=1S/C19H19N3O3S2/c20-27(24,25)17-8-6-14(7-9-17)10-11-21-18(23)12-16-13-26-19(22-16)15-4-2-1-3-5-15/h1-9,13H,10-12H2,(H,21,23)(H2,20,24,25). The first-order chi connectivity index (χ1) is 12.9. The fraction of sp³-hybridized carbons (Fsp3) is 0.158. The Balaban J connectivity index is 1.48. The van der Waals surface area contributed by atoms with E-state index in [0.717, 1.165) is 21.8 Å². The van der Waals surface area contributed by atoms with Crippen LogP contribution in [0.25, 0.3) is 10.6 Å². The van der Waals surface area contributed by atoms with Crippen molar-refractivity contribution in [2.24, 2.45) is 5.14 Å². The molecule has 27 heavy (non-hydrogen) atoms. The van der Waals surface area contributed by atoms with Crippen LogP contribution in [0.5, 0.6) is 0 Å². The Morgan fingerprint density at radius 1 is 1.07 bits per heavy atom. The summed E-state index contributed by atoms with van der Waals surface area (Å²) in [6, 6.07) is 16.2. The zero-order chi connectivity index (χ0) is 19.3. The Kier molecular flexibility index (Phi) is 6.00. The van der Waals surface area contributed by atoms with E-state index in [4.69, 9.17) is 5.14 Å². The van der Waals surface area contributed by atoms with E-state index in [1.807, 2.05) is 35.7 Å². The van der Waals surface area contributed by atoms with Crippen LogP contribution in [0.15, 0.2) is 64.9 Å². The zero-order valence-electron chi connectivity index (χ0n) is 14.5. The van der Waals surface area contributed by atoms with Crippen LogP contribution in [0.4, 0.5) is 0 Å². The summed E-state index contributed by atoms with van der Waals surface area (Å²) in [7, 11) is -3.68. The first kappa shape index (κ1) is 19.2. The molecule has 0 saturated heterocycles. The minimum Gasteiger partial charge on any atom is -0.355 e. The van der Waals surface area contributed by atoms with Gasteiger partial charge in [0, 0.05) is 17.5 Å². The van der Waals surface area contributed by atoms with Gasteiger partial charge in [-0.3, -0.25) is 4.79 Å². The van der Waals surface area contributed by atoms with Gasteiger partial charge in [-0.25, -0.2) is 18.5 Å². The molecular formula is C19H19N3O3S2. The van der Waals surface area contributed by atoms with Crippen LogP contribution in [0, 0.1) is 0 Å². The first-order valence-electron chi connectivity index (χ1n) is 8.30.